The largest absolute Gasteiger partial charge is 0.395 e. The van der Waals surface area contributed by atoms with Crippen molar-refractivity contribution in [1.82, 2.24) is 5.16 Å². The van der Waals surface area contributed by atoms with E-state index in [1.165, 1.54) is 12.5 Å². The van der Waals surface area contributed by atoms with Crippen molar-refractivity contribution in [3.8, 4) is 11.8 Å². The van der Waals surface area contributed by atoms with Gasteiger partial charge in [-0.1, -0.05) is 28.6 Å². The number of nitrogens with one attached hydrogen (secondary N) is 1. The minimum atomic E-state index is -0.273. The zero-order valence-electron chi connectivity index (χ0n) is 11.0. The number of aliphatic hydroxyl groups is 1. The van der Waals surface area contributed by atoms with E-state index in [0.29, 0.717) is 23.2 Å². The molecule has 0 unspecified atom stereocenters. The molecule has 20 heavy (non-hydrogen) atoms. The van der Waals surface area contributed by atoms with Crippen LogP contribution in [0, 0.1) is 18.8 Å². The fourth-order valence-corrected chi connectivity index (χ4v) is 1.63. The van der Waals surface area contributed by atoms with E-state index < -0.39 is 0 Å². The van der Waals surface area contributed by atoms with E-state index >= 15 is 0 Å². The second-order valence-electron chi connectivity index (χ2n) is 4.19. The van der Waals surface area contributed by atoms with Crippen LogP contribution in [-0.2, 0) is 0 Å². The summed E-state index contributed by atoms with van der Waals surface area (Å²) < 4.78 is 4.66. The van der Waals surface area contributed by atoms with Gasteiger partial charge in [0.25, 0.3) is 5.91 Å². The lowest BCUT2D eigenvalue weighted by Gasteiger charge is -2.06. The third-order valence-corrected chi connectivity index (χ3v) is 2.57. The zero-order valence-corrected chi connectivity index (χ0v) is 11.0. The van der Waals surface area contributed by atoms with Crippen molar-refractivity contribution in [2.75, 3.05) is 11.9 Å². The van der Waals surface area contributed by atoms with E-state index in [1.807, 2.05) is 13.0 Å². The van der Waals surface area contributed by atoms with E-state index in [4.69, 9.17) is 5.11 Å². The maximum Gasteiger partial charge on any atom is 0.257 e. The van der Waals surface area contributed by atoms with Gasteiger partial charge >= 0.3 is 0 Å². The second kappa shape index (κ2) is 6.55. The highest BCUT2D eigenvalue weighted by Crippen LogP contribution is 2.14. The van der Waals surface area contributed by atoms with Gasteiger partial charge in [0.05, 0.1) is 18.4 Å². The Labute approximate surface area is 116 Å². The molecule has 0 spiro atoms. The Morgan fingerprint density at radius 3 is 3.05 bits per heavy atom. The summed E-state index contributed by atoms with van der Waals surface area (Å²) in [6, 6.07) is 5.45. The minimum Gasteiger partial charge on any atom is -0.395 e. The van der Waals surface area contributed by atoms with Crippen LogP contribution in [0.15, 0.2) is 35.2 Å². The van der Waals surface area contributed by atoms with Gasteiger partial charge in [0.2, 0.25) is 0 Å². The molecule has 2 rings (SSSR count). The Morgan fingerprint density at radius 1 is 1.50 bits per heavy atom. The van der Waals surface area contributed by atoms with E-state index in [1.54, 1.807) is 12.1 Å². The third kappa shape index (κ3) is 3.46. The van der Waals surface area contributed by atoms with E-state index in [-0.39, 0.29) is 12.5 Å². The molecular formula is C15H14N2O3. The number of aryl methyl sites for hydroxylation is 1. The molecule has 0 saturated heterocycles. The van der Waals surface area contributed by atoms with Crippen molar-refractivity contribution in [2.45, 2.75) is 13.3 Å². The molecule has 0 radical (unpaired) electrons. The Hall–Kier alpha value is -2.58. The monoisotopic (exact) mass is 270 g/mol. The van der Waals surface area contributed by atoms with Crippen molar-refractivity contribution in [2.24, 2.45) is 0 Å². The van der Waals surface area contributed by atoms with Gasteiger partial charge in [-0.25, -0.2) is 0 Å². The first kappa shape index (κ1) is 13.8. The molecule has 2 aromatic rings. The first-order chi connectivity index (χ1) is 9.70. The third-order valence-electron chi connectivity index (χ3n) is 2.57. The standard InChI is InChI=1S/C15H14N2O3/c1-11-5-6-12(4-2-3-7-18)14(8-11)15(19)17-13-9-16-20-10-13/h5-6,8-10,18H,3,7H2,1H3,(H,17,19). The van der Waals surface area contributed by atoms with Gasteiger partial charge in [-0.15, -0.1) is 0 Å². The number of nitrogens with zero attached hydrogens (tertiary/aromatic N) is 1. The Balaban J connectivity index is 2.27. The molecule has 0 atom stereocenters. The number of benzene rings is 1. The Morgan fingerprint density at radius 2 is 2.35 bits per heavy atom. The van der Waals surface area contributed by atoms with E-state index in [9.17, 15) is 4.79 Å². The Kier molecular flexibility index (Phi) is 4.53. The smallest absolute Gasteiger partial charge is 0.257 e. The number of aromatic nitrogens is 1. The van der Waals surface area contributed by atoms with Gasteiger partial charge in [0, 0.05) is 12.0 Å². The fraction of sp³-hybridized carbons (Fsp3) is 0.200. The quantitative estimate of drug-likeness (QED) is 0.836. The Bertz CT molecular complexity index is 651. The maximum atomic E-state index is 12.2. The van der Waals surface area contributed by atoms with Crippen LogP contribution in [0.2, 0.25) is 0 Å². The summed E-state index contributed by atoms with van der Waals surface area (Å²) in [6.07, 6.45) is 3.15. The number of aliphatic hydroxyl groups excluding tert-OH is 1. The normalized spacial score (nSPS) is 9.70. The van der Waals surface area contributed by atoms with Crippen molar-refractivity contribution >= 4 is 11.6 Å². The molecule has 0 aliphatic rings. The van der Waals surface area contributed by atoms with Crippen LogP contribution in [0.25, 0.3) is 0 Å². The predicted molar refractivity (Wildman–Crippen MR) is 74.2 cm³/mol. The fourth-order valence-electron chi connectivity index (χ4n) is 1.63. The van der Waals surface area contributed by atoms with E-state index in [0.717, 1.165) is 5.56 Å². The van der Waals surface area contributed by atoms with Crippen LogP contribution >= 0.6 is 0 Å². The lowest BCUT2D eigenvalue weighted by atomic mass is 10.0. The van der Waals surface area contributed by atoms with Gasteiger partial charge in [-0.2, -0.15) is 0 Å². The minimum absolute atomic E-state index is 0.00107. The van der Waals surface area contributed by atoms with Crippen LogP contribution in [0.4, 0.5) is 5.69 Å². The number of carbonyl (C=O) groups is 1. The van der Waals surface area contributed by atoms with Crippen LogP contribution in [-0.4, -0.2) is 22.8 Å². The molecule has 0 aliphatic heterocycles. The average molecular weight is 270 g/mol. The summed E-state index contributed by atoms with van der Waals surface area (Å²) >= 11 is 0. The molecular weight excluding hydrogens is 256 g/mol. The molecule has 1 heterocycles. The summed E-state index contributed by atoms with van der Waals surface area (Å²) in [5, 5.41) is 14.9. The first-order valence-electron chi connectivity index (χ1n) is 6.12. The molecule has 1 aromatic carbocycles. The highest BCUT2D eigenvalue weighted by atomic mass is 16.5. The summed E-state index contributed by atoms with van der Waals surface area (Å²) in [4.78, 5) is 12.2. The molecule has 0 fully saturated rings. The van der Waals surface area contributed by atoms with Crippen molar-refractivity contribution < 1.29 is 14.4 Å². The number of carbonyl (C=O) groups excluding carboxylic acids is 1. The number of hydrogen-bond donors (Lipinski definition) is 2. The topological polar surface area (TPSA) is 75.4 Å². The van der Waals surface area contributed by atoms with Gasteiger partial charge in [0.1, 0.15) is 12.0 Å². The molecule has 0 bridgehead atoms. The highest BCUT2D eigenvalue weighted by Gasteiger charge is 2.11. The summed E-state index contributed by atoms with van der Waals surface area (Å²) in [5.41, 5.74) is 2.56. The van der Waals surface area contributed by atoms with Crippen LogP contribution < -0.4 is 5.32 Å². The van der Waals surface area contributed by atoms with Gasteiger partial charge in [-0.3, -0.25) is 4.79 Å². The molecule has 5 heteroatoms. The number of anilines is 1. The van der Waals surface area contributed by atoms with Gasteiger partial charge in [-0.05, 0) is 19.1 Å². The van der Waals surface area contributed by atoms with Gasteiger partial charge in [0.15, 0.2) is 0 Å². The predicted octanol–water partition coefficient (Wildman–Crippen LogP) is 1.97. The van der Waals surface area contributed by atoms with E-state index in [2.05, 4.69) is 26.8 Å². The zero-order chi connectivity index (χ0) is 14.4. The summed E-state index contributed by atoms with van der Waals surface area (Å²) in [7, 11) is 0. The average Bonchev–Trinajstić information content (AvgIpc) is 2.93. The van der Waals surface area contributed by atoms with Gasteiger partial charge < -0.3 is 14.9 Å². The van der Waals surface area contributed by atoms with Crippen molar-refractivity contribution in [1.29, 1.82) is 0 Å². The molecule has 0 saturated carbocycles. The number of hydrogen-bond acceptors (Lipinski definition) is 4. The second-order valence-corrected chi connectivity index (χ2v) is 4.19. The first-order valence-corrected chi connectivity index (χ1v) is 6.12. The molecule has 2 N–H and O–H groups in total. The number of rotatable bonds is 3. The SMILES string of the molecule is Cc1ccc(C#CCCO)c(C(=O)Nc2cnoc2)c1. The molecule has 102 valence electrons. The molecule has 5 nitrogen and oxygen atoms in total. The lowest BCUT2D eigenvalue weighted by molar-refractivity contribution is 0.102. The van der Waals surface area contributed by atoms with Crippen molar-refractivity contribution in [3.05, 3.63) is 47.3 Å². The molecule has 0 aliphatic carbocycles. The van der Waals surface area contributed by atoms with Crippen molar-refractivity contribution in [3.63, 3.8) is 0 Å². The summed E-state index contributed by atoms with van der Waals surface area (Å²) in [5.74, 6) is 5.43. The number of amides is 1. The lowest BCUT2D eigenvalue weighted by Crippen LogP contribution is -2.13. The molecule has 1 amide bonds. The molecule has 1 aromatic heterocycles. The maximum absolute atomic E-state index is 12.2. The summed E-state index contributed by atoms with van der Waals surface area (Å²) in [6.45, 7) is 1.90. The van der Waals surface area contributed by atoms with Crippen LogP contribution in [0.5, 0.6) is 0 Å². The highest BCUT2D eigenvalue weighted by molar-refractivity contribution is 6.05. The van der Waals surface area contributed by atoms with Crippen LogP contribution in [0.3, 0.4) is 0 Å². The van der Waals surface area contributed by atoms with Crippen LogP contribution in [0.1, 0.15) is 27.9 Å².